The van der Waals surface area contributed by atoms with Gasteiger partial charge in [-0.3, -0.25) is 0 Å². The van der Waals surface area contributed by atoms with E-state index in [9.17, 15) is 0 Å². The molecule has 0 aliphatic carbocycles. The van der Waals surface area contributed by atoms with Crippen LogP contribution in [0.2, 0.25) is 5.02 Å². The molecule has 2 aromatic rings. The van der Waals surface area contributed by atoms with Gasteiger partial charge in [0.1, 0.15) is 12.1 Å². The summed E-state index contributed by atoms with van der Waals surface area (Å²) in [5.74, 6) is 0.585. The predicted octanol–water partition coefficient (Wildman–Crippen LogP) is 2.74. The van der Waals surface area contributed by atoms with E-state index in [4.69, 9.17) is 16.3 Å². The summed E-state index contributed by atoms with van der Waals surface area (Å²) in [6.07, 6.45) is 1.45. The Hall–Kier alpha value is -1.55. The minimum absolute atomic E-state index is 0.450. The first-order valence-electron chi connectivity index (χ1n) is 4.61. The van der Waals surface area contributed by atoms with E-state index in [0.717, 1.165) is 0 Å². The predicted molar refractivity (Wildman–Crippen MR) is 57.2 cm³/mol. The standard InChI is InChI=1S/C10H10ClN3O/c1-2-14-10(12-7-13-14)15-9-6-4-3-5-8(9)11/h3-7H,2H2,1H3. The first kappa shape index (κ1) is 9.98. The summed E-state index contributed by atoms with van der Waals surface area (Å²) in [6.45, 7) is 2.67. The Morgan fingerprint density at radius 1 is 1.40 bits per heavy atom. The number of benzene rings is 1. The molecule has 0 amide bonds. The van der Waals surface area contributed by atoms with Gasteiger partial charge in [0.05, 0.1) is 5.02 Å². The smallest absolute Gasteiger partial charge is 0.320 e. The number of hydrogen-bond donors (Lipinski definition) is 0. The molecule has 0 aliphatic heterocycles. The molecule has 0 saturated heterocycles. The molecule has 15 heavy (non-hydrogen) atoms. The van der Waals surface area contributed by atoms with Crippen molar-refractivity contribution in [1.29, 1.82) is 0 Å². The maximum absolute atomic E-state index is 5.95. The van der Waals surface area contributed by atoms with E-state index in [-0.39, 0.29) is 0 Å². The zero-order valence-electron chi connectivity index (χ0n) is 8.22. The van der Waals surface area contributed by atoms with E-state index in [0.29, 0.717) is 23.3 Å². The number of halogens is 1. The number of para-hydroxylation sites is 1. The second-order valence-electron chi connectivity index (χ2n) is 2.89. The highest BCUT2D eigenvalue weighted by atomic mass is 35.5. The van der Waals surface area contributed by atoms with Crippen molar-refractivity contribution in [3.63, 3.8) is 0 Å². The van der Waals surface area contributed by atoms with Crippen molar-refractivity contribution >= 4 is 11.6 Å². The molecule has 0 radical (unpaired) electrons. The van der Waals surface area contributed by atoms with Gasteiger partial charge in [-0.25, -0.2) is 4.68 Å². The van der Waals surface area contributed by atoms with Gasteiger partial charge < -0.3 is 4.74 Å². The van der Waals surface area contributed by atoms with Crippen molar-refractivity contribution in [3.05, 3.63) is 35.6 Å². The molecule has 0 saturated carbocycles. The summed E-state index contributed by atoms with van der Waals surface area (Å²) in [5.41, 5.74) is 0. The average Bonchev–Trinajstić information content (AvgIpc) is 2.69. The van der Waals surface area contributed by atoms with Crippen LogP contribution in [0.4, 0.5) is 0 Å². The zero-order valence-corrected chi connectivity index (χ0v) is 8.98. The van der Waals surface area contributed by atoms with E-state index >= 15 is 0 Å². The van der Waals surface area contributed by atoms with Gasteiger partial charge in [0.15, 0.2) is 0 Å². The Kier molecular flexibility index (Phi) is 2.87. The van der Waals surface area contributed by atoms with E-state index in [1.165, 1.54) is 6.33 Å². The van der Waals surface area contributed by atoms with Crippen LogP contribution >= 0.6 is 11.6 Å². The monoisotopic (exact) mass is 223 g/mol. The fraction of sp³-hybridized carbons (Fsp3) is 0.200. The summed E-state index contributed by atoms with van der Waals surface area (Å²) in [5, 5.41) is 4.56. The molecule has 4 nitrogen and oxygen atoms in total. The van der Waals surface area contributed by atoms with Crippen LogP contribution in [0.1, 0.15) is 6.92 Å². The van der Waals surface area contributed by atoms with Gasteiger partial charge in [-0.05, 0) is 19.1 Å². The summed E-state index contributed by atoms with van der Waals surface area (Å²) in [4.78, 5) is 3.99. The van der Waals surface area contributed by atoms with Crippen LogP contribution in [0.25, 0.3) is 0 Å². The third-order valence-corrected chi connectivity index (χ3v) is 2.23. The van der Waals surface area contributed by atoms with Gasteiger partial charge in [-0.15, -0.1) is 0 Å². The van der Waals surface area contributed by atoms with Crippen LogP contribution in [-0.2, 0) is 6.54 Å². The van der Waals surface area contributed by atoms with Crippen molar-refractivity contribution in [1.82, 2.24) is 14.8 Å². The lowest BCUT2D eigenvalue weighted by molar-refractivity contribution is 0.402. The molecule has 0 unspecified atom stereocenters. The van der Waals surface area contributed by atoms with Crippen LogP contribution < -0.4 is 4.74 Å². The highest BCUT2D eigenvalue weighted by Crippen LogP contribution is 2.27. The Morgan fingerprint density at radius 2 is 2.20 bits per heavy atom. The lowest BCUT2D eigenvalue weighted by atomic mass is 10.3. The van der Waals surface area contributed by atoms with Crippen LogP contribution in [0.5, 0.6) is 11.8 Å². The van der Waals surface area contributed by atoms with Crippen molar-refractivity contribution in [3.8, 4) is 11.8 Å². The number of ether oxygens (including phenoxy) is 1. The first-order valence-corrected chi connectivity index (χ1v) is 4.99. The fourth-order valence-electron chi connectivity index (χ4n) is 1.18. The average molecular weight is 224 g/mol. The van der Waals surface area contributed by atoms with Gasteiger partial charge in [-0.1, -0.05) is 23.7 Å². The molecule has 1 aromatic heterocycles. The molecule has 0 fully saturated rings. The second kappa shape index (κ2) is 4.31. The van der Waals surface area contributed by atoms with Gasteiger partial charge >= 0.3 is 6.01 Å². The molecule has 0 spiro atoms. The minimum Gasteiger partial charge on any atom is -0.423 e. The molecule has 5 heteroatoms. The first-order chi connectivity index (χ1) is 7.31. The number of nitrogens with zero attached hydrogens (tertiary/aromatic N) is 3. The summed E-state index contributed by atoms with van der Waals surface area (Å²) < 4.78 is 7.18. The molecule has 0 bridgehead atoms. The Bertz CT molecular complexity index is 455. The van der Waals surface area contributed by atoms with Crippen LogP contribution in [0, 0.1) is 0 Å². The Labute approximate surface area is 92.5 Å². The maximum atomic E-state index is 5.95. The third-order valence-electron chi connectivity index (χ3n) is 1.92. The molecule has 78 valence electrons. The SMILES string of the molecule is CCn1ncnc1Oc1ccccc1Cl. The largest absolute Gasteiger partial charge is 0.423 e. The second-order valence-corrected chi connectivity index (χ2v) is 3.30. The number of rotatable bonds is 3. The van der Waals surface area contributed by atoms with Crippen molar-refractivity contribution in [2.75, 3.05) is 0 Å². The quantitative estimate of drug-likeness (QED) is 0.803. The number of hydrogen-bond acceptors (Lipinski definition) is 3. The van der Waals surface area contributed by atoms with E-state index in [1.54, 1.807) is 16.8 Å². The Balaban J connectivity index is 2.26. The van der Waals surface area contributed by atoms with Crippen molar-refractivity contribution in [2.45, 2.75) is 13.5 Å². The minimum atomic E-state index is 0.450. The molecule has 1 aromatic carbocycles. The van der Waals surface area contributed by atoms with Crippen molar-refractivity contribution in [2.24, 2.45) is 0 Å². The van der Waals surface area contributed by atoms with E-state index in [1.807, 2.05) is 19.1 Å². The molecular weight excluding hydrogens is 214 g/mol. The molecule has 2 rings (SSSR count). The van der Waals surface area contributed by atoms with Gasteiger partial charge in [0.2, 0.25) is 0 Å². The highest BCUT2D eigenvalue weighted by Gasteiger charge is 2.07. The Morgan fingerprint density at radius 3 is 2.93 bits per heavy atom. The topological polar surface area (TPSA) is 39.9 Å². The summed E-state index contributed by atoms with van der Waals surface area (Å²) in [6, 6.07) is 7.71. The zero-order chi connectivity index (χ0) is 10.7. The summed E-state index contributed by atoms with van der Waals surface area (Å²) >= 11 is 5.95. The number of aromatic nitrogens is 3. The van der Waals surface area contributed by atoms with Gasteiger partial charge in [0, 0.05) is 6.54 Å². The highest BCUT2D eigenvalue weighted by molar-refractivity contribution is 6.32. The van der Waals surface area contributed by atoms with Crippen LogP contribution in [0.15, 0.2) is 30.6 Å². The molecular formula is C10H10ClN3O. The van der Waals surface area contributed by atoms with E-state index < -0.39 is 0 Å². The lowest BCUT2D eigenvalue weighted by Crippen LogP contribution is -2.00. The molecule has 0 N–H and O–H groups in total. The van der Waals surface area contributed by atoms with Crippen molar-refractivity contribution < 1.29 is 4.74 Å². The number of aryl methyl sites for hydroxylation is 1. The molecule has 0 aliphatic rings. The third kappa shape index (κ3) is 2.10. The van der Waals surface area contributed by atoms with Gasteiger partial charge in [0.25, 0.3) is 0 Å². The molecule has 0 atom stereocenters. The normalized spacial score (nSPS) is 10.3. The molecule has 1 heterocycles. The van der Waals surface area contributed by atoms with Crippen LogP contribution in [0.3, 0.4) is 0 Å². The maximum Gasteiger partial charge on any atom is 0.320 e. The van der Waals surface area contributed by atoms with Crippen LogP contribution in [-0.4, -0.2) is 14.8 Å². The summed E-state index contributed by atoms with van der Waals surface area (Å²) in [7, 11) is 0. The fourth-order valence-corrected chi connectivity index (χ4v) is 1.35. The lowest BCUT2D eigenvalue weighted by Gasteiger charge is -2.06. The van der Waals surface area contributed by atoms with E-state index in [2.05, 4.69) is 10.1 Å². The van der Waals surface area contributed by atoms with Gasteiger partial charge in [-0.2, -0.15) is 10.1 Å².